The molecule has 1 aromatic carbocycles. The first-order valence-corrected chi connectivity index (χ1v) is 10.1. The molecule has 0 amide bonds. The molecule has 5 N–H and O–H groups in total. The average Bonchev–Trinajstić information content (AvgIpc) is 2.74. The summed E-state index contributed by atoms with van der Waals surface area (Å²) in [5.41, 5.74) is 3.32. The van der Waals surface area contributed by atoms with E-state index in [1.165, 1.54) is 12.1 Å². The van der Waals surface area contributed by atoms with Crippen molar-refractivity contribution in [1.82, 2.24) is 9.88 Å². The quantitative estimate of drug-likeness (QED) is 0.438. The molecule has 2 heterocycles. The Kier molecular flexibility index (Phi) is 7.33. The summed E-state index contributed by atoms with van der Waals surface area (Å²) < 4.78 is 16.8. The van der Waals surface area contributed by atoms with Gasteiger partial charge >= 0.3 is 11.9 Å². The molecule has 0 radical (unpaired) electrons. The number of nitrogens with zero attached hydrogens (tertiary/aromatic N) is 1. The van der Waals surface area contributed by atoms with Gasteiger partial charge in [0.15, 0.2) is 11.5 Å². The molecule has 0 spiro atoms. The summed E-state index contributed by atoms with van der Waals surface area (Å²) in [6, 6.07) is 4.47. The van der Waals surface area contributed by atoms with E-state index in [1.54, 1.807) is 13.0 Å². The SMILES string of the molecule is CCOc1cc(-c2c(C(=O)O)c(N)[nH]c(=O)c2C(=O)O)ccc1OCCN1CCOCC1. The van der Waals surface area contributed by atoms with E-state index in [2.05, 4.69) is 9.88 Å². The maximum Gasteiger partial charge on any atom is 0.342 e. The maximum atomic E-state index is 12.2. The van der Waals surface area contributed by atoms with Gasteiger partial charge < -0.3 is 35.1 Å². The number of hydrogen-bond acceptors (Lipinski definition) is 8. The van der Waals surface area contributed by atoms with Gasteiger partial charge in [0.25, 0.3) is 5.56 Å². The standard InChI is InChI=1S/C21H25N3O8/c1-2-31-14-11-12(3-4-13(14)32-10-7-24-5-8-30-9-6-24)15-16(20(26)27)18(22)23-19(25)17(15)21(28)29/h3-4,11H,2,5-10H2,1H3,(H,26,27)(H,28,29)(H3,22,23,25). The first kappa shape index (κ1) is 23.1. The summed E-state index contributed by atoms with van der Waals surface area (Å²) in [6.45, 7) is 6.12. The van der Waals surface area contributed by atoms with E-state index in [0.29, 0.717) is 44.5 Å². The van der Waals surface area contributed by atoms with Gasteiger partial charge in [0.1, 0.15) is 23.6 Å². The largest absolute Gasteiger partial charge is 0.490 e. The molecule has 1 aliphatic rings. The van der Waals surface area contributed by atoms with Crippen LogP contribution in [0.15, 0.2) is 23.0 Å². The minimum atomic E-state index is -1.58. The highest BCUT2D eigenvalue weighted by Crippen LogP contribution is 2.36. The highest BCUT2D eigenvalue weighted by atomic mass is 16.5. The molecule has 1 aromatic heterocycles. The van der Waals surface area contributed by atoms with Gasteiger partial charge in [0.2, 0.25) is 0 Å². The fraction of sp³-hybridized carbons (Fsp3) is 0.381. The molecule has 11 nitrogen and oxygen atoms in total. The molecular weight excluding hydrogens is 422 g/mol. The average molecular weight is 447 g/mol. The summed E-state index contributed by atoms with van der Waals surface area (Å²) in [4.78, 5) is 40.1. The third-order valence-corrected chi connectivity index (χ3v) is 4.97. The lowest BCUT2D eigenvalue weighted by molar-refractivity contribution is 0.0321. The van der Waals surface area contributed by atoms with Crippen molar-refractivity contribution >= 4 is 17.8 Å². The van der Waals surface area contributed by atoms with E-state index in [-0.39, 0.29) is 11.1 Å². The number of aromatic amines is 1. The molecule has 1 fully saturated rings. The zero-order chi connectivity index (χ0) is 23.3. The van der Waals surface area contributed by atoms with Crippen molar-refractivity contribution in [2.75, 3.05) is 51.8 Å². The number of hydrogen-bond donors (Lipinski definition) is 4. The van der Waals surface area contributed by atoms with Crippen LogP contribution >= 0.6 is 0 Å². The van der Waals surface area contributed by atoms with Crippen LogP contribution in [0.25, 0.3) is 11.1 Å². The first-order valence-electron chi connectivity index (χ1n) is 10.1. The van der Waals surface area contributed by atoms with Crippen LogP contribution in [0.1, 0.15) is 27.6 Å². The third-order valence-electron chi connectivity index (χ3n) is 4.97. The molecule has 0 aliphatic carbocycles. The Hall–Kier alpha value is -3.57. The Morgan fingerprint density at radius 1 is 1.12 bits per heavy atom. The summed E-state index contributed by atoms with van der Waals surface area (Å²) in [5, 5.41) is 19.2. The molecule has 2 aromatic rings. The summed E-state index contributed by atoms with van der Waals surface area (Å²) in [7, 11) is 0. The zero-order valence-electron chi connectivity index (χ0n) is 17.6. The number of H-pyrrole nitrogens is 1. The number of ether oxygens (including phenoxy) is 3. The first-order chi connectivity index (χ1) is 15.3. The van der Waals surface area contributed by atoms with E-state index in [9.17, 15) is 24.6 Å². The van der Waals surface area contributed by atoms with Gasteiger partial charge in [-0.05, 0) is 24.6 Å². The number of morpholine rings is 1. The second kappa shape index (κ2) is 10.2. The number of anilines is 1. The van der Waals surface area contributed by atoms with Crippen LogP contribution in [-0.4, -0.2) is 78.1 Å². The predicted molar refractivity (Wildman–Crippen MR) is 115 cm³/mol. The highest BCUT2D eigenvalue weighted by Gasteiger charge is 2.27. The van der Waals surface area contributed by atoms with E-state index < -0.39 is 34.4 Å². The molecule has 0 bridgehead atoms. The van der Waals surface area contributed by atoms with E-state index in [0.717, 1.165) is 13.1 Å². The highest BCUT2D eigenvalue weighted by molar-refractivity contribution is 6.07. The summed E-state index contributed by atoms with van der Waals surface area (Å²) >= 11 is 0. The smallest absolute Gasteiger partial charge is 0.342 e. The lowest BCUT2D eigenvalue weighted by atomic mass is 9.95. The van der Waals surface area contributed by atoms with Crippen LogP contribution in [-0.2, 0) is 4.74 Å². The number of nitrogens with two attached hydrogens (primary N) is 1. The number of benzene rings is 1. The second-order valence-electron chi connectivity index (χ2n) is 7.00. The maximum absolute atomic E-state index is 12.2. The molecule has 0 saturated carbocycles. The van der Waals surface area contributed by atoms with Crippen LogP contribution in [0.2, 0.25) is 0 Å². The predicted octanol–water partition coefficient (Wildman–Crippen LogP) is 1.13. The van der Waals surface area contributed by atoms with Gasteiger partial charge in [-0.2, -0.15) is 0 Å². The van der Waals surface area contributed by atoms with Crippen molar-refractivity contribution in [2.24, 2.45) is 0 Å². The number of nitrogen functional groups attached to an aromatic ring is 1. The molecule has 1 saturated heterocycles. The van der Waals surface area contributed by atoms with Crippen molar-refractivity contribution in [3.05, 3.63) is 39.7 Å². The van der Waals surface area contributed by atoms with Gasteiger partial charge in [0.05, 0.1) is 19.8 Å². The van der Waals surface area contributed by atoms with Gasteiger partial charge in [-0.25, -0.2) is 9.59 Å². The van der Waals surface area contributed by atoms with Crippen LogP contribution in [0.4, 0.5) is 5.82 Å². The normalized spacial score (nSPS) is 14.2. The Balaban J connectivity index is 1.98. The molecule has 0 atom stereocenters. The van der Waals surface area contributed by atoms with Crippen molar-refractivity contribution in [3.63, 3.8) is 0 Å². The van der Waals surface area contributed by atoms with E-state index >= 15 is 0 Å². The Morgan fingerprint density at radius 3 is 2.44 bits per heavy atom. The van der Waals surface area contributed by atoms with Crippen LogP contribution in [0.5, 0.6) is 11.5 Å². The second-order valence-corrected chi connectivity index (χ2v) is 7.00. The van der Waals surface area contributed by atoms with E-state index in [1.807, 2.05) is 0 Å². The lowest BCUT2D eigenvalue weighted by Crippen LogP contribution is -2.38. The number of pyridine rings is 1. The topological polar surface area (TPSA) is 164 Å². The van der Waals surface area contributed by atoms with Crippen LogP contribution in [0.3, 0.4) is 0 Å². The van der Waals surface area contributed by atoms with Crippen molar-refractivity contribution in [2.45, 2.75) is 6.92 Å². The molecular formula is C21H25N3O8. The molecule has 11 heteroatoms. The van der Waals surface area contributed by atoms with Crippen molar-refractivity contribution in [3.8, 4) is 22.6 Å². The number of nitrogens with one attached hydrogen (secondary N) is 1. The van der Waals surface area contributed by atoms with Gasteiger partial charge in [-0.3, -0.25) is 9.69 Å². The van der Waals surface area contributed by atoms with Crippen LogP contribution < -0.4 is 20.8 Å². The lowest BCUT2D eigenvalue weighted by Gasteiger charge is -2.26. The molecule has 3 rings (SSSR count). The number of carboxylic acids is 2. The molecule has 1 aliphatic heterocycles. The minimum Gasteiger partial charge on any atom is -0.490 e. The summed E-state index contributed by atoms with van der Waals surface area (Å²) in [5.74, 6) is -2.78. The Bertz CT molecular complexity index is 1060. The number of aromatic nitrogens is 1. The Morgan fingerprint density at radius 2 is 1.81 bits per heavy atom. The van der Waals surface area contributed by atoms with Crippen molar-refractivity contribution in [1.29, 1.82) is 0 Å². The fourth-order valence-electron chi connectivity index (χ4n) is 3.50. The third kappa shape index (κ3) is 5.01. The van der Waals surface area contributed by atoms with Crippen molar-refractivity contribution < 1.29 is 34.0 Å². The number of aromatic carboxylic acids is 2. The minimum absolute atomic E-state index is 0.154. The summed E-state index contributed by atoms with van der Waals surface area (Å²) in [6.07, 6.45) is 0. The van der Waals surface area contributed by atoms with Gasteiger partial charge in [-0.1, -0.05) is 6.07 Å². The molecule has 0 unspecified atom stereocenters. The number of carboxylic acid groups (broad SMARTS) is 2. The molecule has 172 valence electrons. The fourth-order valence-corrected chi connectivity index (χ4v) is 3.50. The Labute approximate surface area is 183 Å². The number of carbonyl (C=O) groups is 2. The molecule has 32 heavy (non-hydrogen) atoms. The van der Waals surface area contributed by atoms with Gasteiger partial charge in [0, 0.05) is 25.2 Å². The van der Waals surface area contributed by atoms with E-state index in [4.69, 9.17) is 19.9 Å². The monoisotopic (exact) mass is 447 g/mol. The van der Waals surface area contributed by atoms with Crippen LogP contribution in [0, 0.1) is 0 Å². The number of rotatable bonds is 9. The zero-order valence-corrected chi connectivity index (χ0v) is 17.6. The van der Waals surface area contributed by atoms with Gasteiger partial charge in [-0.15, -0.1) is 0 Å².